The average molecular weight is 252 g/mol. The maximum absolute atomic E-state index is 13.4. The van der Waals surface area contributed by atoms with Crippen LogP contribution in [0.2, 0.25) is 0 Å². The highest BCUT2D eigenvalue weighted by Crippen LogP contribution is 2.25. The van der Waals surface area contributed by atoms with Gasteiger partial charge in [-0.3, -0.25) is 4.79 Å². The van der Waals surface area contributed by atoms with Gasteiger partial charge in [0.15, 0.2) is 11.6 Å². The van der Waals surface area contributed by atoms with Crippen LogP contribution in [0.3, 0.4) is 0 Å². The molecule has 0 unspecified atom stereocenters. The minimum atomic E-state index is -0.439. The van der Waals surface area contributed by atoms with Crippen LogP contribution in [0.1, 0.15) is 12.8 Å². The number of likely N-dealkylation sites (N-methyl/N-ethyl adjacent to an activating group) is 1. The third-order valence-corrected chi connectivity index (χ3v) is 3.08. The molecule has 0 atom stereocenters. The Labute approximate surface area is 106 Å². The fourth-order valence-corrected chi connectivity index (χ4v) is 1.74. The van der Waals surface area contributed by atoms with Gasteiger partial charge in [-0.2, -0.15) is 0 Å². The largest absolute Gasteiger partial charge is 0.494 e. The molecular weight excluding hydrogens is 235 g/mol. The second-order valence-corrected chi connectivity index (χ2v) is 4.44. The maximum atomic E-state index is 13.4. The molecular formula is C13H17FN2O2. The number of benzene rings is 1. The predicted octanol–water partition coefficient (Wildman–Crippen LogP) is 1.87. The molecule has 1 N–H and O–H groups in total. The van der Waals surface area contributed by atoms with E-state index in [9.17, 15) is 9.18 Å². The number of anilines is 1. The highest BCUT2D eigenvalue weighted by atomic mass is 19.1. The number of nitrogens with one attached hydrogen (secondary N) is 1. The summed E-state index contributed by atoms with van der Waals surface area (Å²) in [5.41, 5.74) is 0.575. The fraction of sp³-hybridized carbons (Fsp3) is 0.462. The second-order valence-electron chi connectivity index (χ2n) is 4.44. The standard InChI is InChI=1S/C13H17FN2O2/c1-16(10-4-5-10)13(17)8-15-9-3-6-12(18-2)11(14)7-9/h3,6-7,10,15H,4-5,8H2,1-2H3. The van der Waals surface area contributed by atoms with Crippen molar-refractivity contribution in [1.29, 1.82) is 0 Å². The van der Waals surface area contributed by atoms with Crippen LogP contribution < -0.4 is 10.1 Å². The van der Waals surface area contributed by atoms with Gasteiger partial charge in [-0.25, -0.2) is 4.39 Å². The molecule has 0 bridgehead atoms. The normalized spacial score (nSPS) is 14.2. The molecule has 0 aromatic heterocycles. The minimum absolute atomic E-state index is 0.0220. The second kappa shape index (κ2) is 5.25. The van der Waals surface area contributed by atoms with Gasteiger partial charge >= 0.3 is 0 Å². The van der Waals surface area contributed by atoms with E-state index in [-0.39, 0.29) is 18.2 Å². The van der Waals surface area contributed by atoms with Crippen LogP contribution in [0.15, 0.2) is 18.2 Å². The molecule has 98 valence electrons. The van der Waals surface area contributed by atoms with Crippen LogP contribution in [-0.4, -0.2) is 37.6 Å². The lowest BCUT2D eigenvalue weighted by molar-refractivity contribution is -0.128. The molecule has 0 aliphatic heterocycles. The lowest BCUT2D eigenvalue weighted by Gasteiger charge is -2.17. The number of carbonyl (C=O) groups is 1. The van der Waals surface area contributed by atoms with E-state index in [1.165, 1.54) is 19.2 Å². The van der Waals surface area contributed by atoms with Crippen LogP contribution in [0.4, 0.5) is 10.1 Å². The number of hydrogen-bond donors (Lipinski definition) is 1. The molecule has 18 heavy (non-hydrogen) atoms. The highest BCUT2D eigenvalue weighted by Gasteiger charge is 2.29. The van der Waals surface area contributed by atoms with Crippen molar-refractivity contribution in [2.24, 2.45) is 0 Å². The molecule has 1 fully saturated rings. The number of halogens is 1. The smallest absolute Gasteiger partial charge is 0.241 e. The summed E-state index contributed by atoms with van der Waals surface area (Å²) in [4.78, 5) is 13.5. The van der Waals surface area contributed by atoms with Crippen molar-refractivity contribution in [3.63, 3.8) is 0 Å². The van der Waals surface area contributed by atoms with E-state index >= 15 is 0 Å². The van der Waals surface area contributed by atoms with Gasteiger partial charge in [-0.15, -0.1) is 0 Å². The van der Waals surface area contributed by atoms with Gasteiger partial charge in [0.2, 0.25) is 5.91 Å². The van der Waals surface area contributed by atoms with E-state index in [0.29, 0.717) is 11.7 Å². The summed E-state index contributed by atoms with van der Waals surface area (Å²) in [7, 11) is 3.22. The Morgan fingerprint density at radius 1 is 1.56 bits per heavy atom. The molecule has 1 aromatic rings. The van der Waals surface area contributed by atoms with Gasteiger partial charge in [-0.1, -0.05) is 0 Å². The highest BCUT2D eigenvalue weighted by molar-refractivity contribution is 5.81. The number of nitrogens with zero attached hydrogens (tertiary/aromatic N) is 1. The Balaban J connectivity index is 1.89. The van der Waals surface area contributed by atoms with Crippen molar-refractivity contribution in [2.45, 2.75) is 18.9 Å². The zero-order valence-electron chi connectivity index (χ0n) is 10.6. The van der Waals surface area contributed by atoms with E-state index in [4.69, 9.17) is 4.74 Å². The Kier molecular flexibility index (Phi) is 3.69. The first-order chi connectivity index (χ1) is 8.61. The number of methoxy groups -OCH3 is 1. The molecule has 1 aliphatic carbocycles. The molecule has 4 nitrogen and oxygen atoms in total. The zero-order valence-corrected chi connectivity index (χ0v) is 10.6. The van der Waals surface area contributed by atoms with Crippen LogP contribution in [0, 0.1) is 5.82 Å². The minimum Gasteiger partial charge on any atom is -0.494 e. The van der Waals surface area contributed by atoms with Gasteiger partial charge in [0.25, 0.3) is 0 Å². The summed E-state index contributed by atoms with van der Waals surface area (Å²) in [6, 6.07) is 4.94. The molecule has 0 heterocycles. The summed E-state index contributed by atoms with van der Waals surface area (Å²) in [5, 5.41) is 2.91. The Morgan fingerprint density at radius 2 is 2.28 bits per heavy atom. The Morgan fingerprint density at radius 3 is 2.83 bits per heavy atom. The summed E-state index contributed by atoms with van der Waals surface area (Å²) < 4.78 is 18.2. The lowest BCUT2D eigenvalue weighted by atomic mass is 10.3. The third kappa shape index (κ3) is 2.91. The number of rotatable bonds is 5. The molecule has 1 saturated carbocycles. The first kappa shape index (κ1) is 12.7. The van der Waals surface area contributed by atoms with Gasteiger partial charge in [0, 0.05) is 24.8 Å². The fourth-order valence-electron chi connectivity index (χ4n) is 1.74. The van der Waals surface area contributed by atoms with Crippen molar-refractivity contribution in [3.8, 4) is 5.75 Å². The molecule has 0 radical (unpaired) electrons. The van der Waals surface area contributed by atoms with E-state index in [1.807, 2.05) is 0 Å². The van der Waals surface area contributed by atoms with E-state index in [0.717, 1.165) is 12.8 Å². The molecule has 0 saturated heterocycles. The maximum Gasteiger partial charge on any atom is 0.241 e. The van der Waals surface area contributed by atoms with Gasteiger partial charge in [0.1, 0.15) is 0 Å². The quantitative estimate of drug-likeness (QED) is 0.869. The monoisotopic (exact) mass is 252 g/mol. The first-order valence-corrected chi connectivity index (χ1v) is 5.95. The van der Waals surface area contributed by atoms with Crippen LogP contribution >= 0.6 is 0 Å². The van der Waals surface area contributed by atoms with Crippen molar-refractivity contribution in [1.82, 2.24) is 4.90 Å². The zero-order chi connectivity index (χ0) is 13.1. The topological polar surface area (TPSA) is 41.6 Å². The number of ether oxygens (including phenoxy) is 1. The van der Waals surface area contributed by atoms with Crippen molar-refractivity contribution < 1.29 is 13.9 Å². The van der Waals surface area contributed by atoms with E-state index in [1.54, 1.807) is 18.0 Å². The number of carbonyl (C=O) groups excluding carboxylic acids is 1. The average Bonchev–Trinajstić information content (AvgIpc) is 3.19. The van der Waals surface area contributed by atoms with Crippen molar-refractivity contribution in [3.05, 3.63) is 24.0 Å². The molecule has 1 aromatic carbocycles. The van der Waals surface area contributed by atoms with Crippen molar-refractivity contribution in [2.75, 3.05) is 26.0 Å². The Hall–Kier alpha value is -1.78. The van der Waals surface area contributed by atoms with E-state index < -0.39 is 5.82 Å². The molecule has 0 spiro atoms. The molecule has 2 rings (SSSR count). The molecule has 5 heteroatoms. The van der Waals surface area contributed by atoms with Crippen LogP contribution in [0.25, 0.3) is 0 Å². The van der Waals surface area contributed by atoms with E-state index in [2.05, 4.69) is 5.32 Å². The first-order valence-electron chi connectivity index (χ1n) is 5.95. The van der Waals surface area contributed by atoms with Crippen LogP contribution in [0.5, 0.6) is 5.75 Å². The summed E-state index contributed by atoms with van der Waals surface area (Å²) in [5.74, 6) is -0.221. The summed E-state index contributed by atoms with van der Waals surface area (Å²) in [6.45, 7) is 0.179. The summed E-state index contributed by atoms with van der Waals surface area (Å²) >= 11 is 0. The van der Waals surface area contributed by atoms with Gasteiger partial charge < -0.3 is 15.0 Å². The third-order valence-electron chi connectivity index (χ3n) is 3.08. The number of hydrogen-bond acceptors (Lipinski definition) is 3. The number of amides is 1. The predicted molar refractivity (Wildman–Crippen MR) is 67.2 cm³/mol. The Bertz CT molecular complexity index is 447. The molecule has 1 aliphatic rings. The lowest BCUT2D eigenvalue weighted by Crippen LogP contribution is -2.33. The summed E-state index contributed by atoms with van der Waals surface area (Å²) in [6.07, 6.45) is 2.17. The van der Waals surface area contributed by atoms with Crippen LogP contribution in [-0.2, 0) is 4.79 Å². The van der Waals surface area contributed by atoms with Crippen molar-refractivity contribution >= 4 is 11.6 Å². The van der Waals surface area contributed by atoms with Gasteiger partial charge in [0.05, 0.1) is 13.7 Å². The SMILES string of the molecule is COc1ccc(NCC(=O)N(C)C2CC2)cc1F. The molecule has 1 amide bonds. The van der Waals surface area contributed by atoms with Gasteiger partial charge in [-0.05, 0) is 25.0 Å².